The Morgan fingerprint density at radius 2 is 1.81 bits per heavy atom. The van der Waals surface area contributed by atoms with E-state index in [2.05, 4.69) is 10.6 Å². The maximum atomic E-state index is 12.5. The highest BCUT2D eigenvalue weighted by atomic mass is 16.5. The van der Waals surface area contributed by atoms with Crippen LogP contribution in [0.3, 0.4) is 0 Å². The Hall–Kier alpha value is -3.39. The molecule has 0 aromatic heterocycles. The molecule has 1 unspecified atom stereocenters. The van der Waals surface area contributed by atoms with Crippen LogP contribution >= 0.6 is 0 Å². The van der Waals surface area contributed by atoms with E-state index in [0.717, 1.165) is 5.75 Å². The zero-order valence-corrected chi connectivity index (χ0v) is 17.5. The number of hydrogen-bond donors (Lipinski definition) is 2. The summed E-state index contributed by atoms with van der Waals surface area (Å²) in [6, 6.07) is 15.7. The molecule has 2 amide bonds. The van der Waals surface area contributed by atoms with Crippen LogP contribution in [0, 0.1) is 0 Å². The lowest BCUT2D eigenvalue weighted by molar-refractivity contribution is -0.148. The highest BCUT2D eigenvalue weighted by molar-refractivity contribution is 5.93. The minimum atomic E-state index is -0.717. The van der Waals surface area contributed by atoms with Gasteiger partial charge in [-0.15, -0.1) is 0 Å². The molecule has 0 aliphatic carbocycles. The van der Waals surface area contributed by atoms with Gasteiger partial charge in [0.25, 0.3) is 0 Å². The van der Waals surface area contributed by atoms with Crippen molar-refractivity contribution in [3.05, 3.63) is 54.6 Å². The molecule has 1 aliphatic rings. The molecular weight excluding hydrogens is 398 g/mol. The Kier molecular flexibility index (Phi) is 8.00. The van der Waals surface area contributed by atoms with E-state index in [1.165, 1.54) is 0 Å². The Morgan fingerprint density at radius 1 is 1.10 bits per heavy atom. The lowest BCUT2D eigenvalue weighted by Crippen LogP contribution is -2.57. The Bertz CT molecular complexity index is 886. The number of amides is 2. The largest absolute Gasteiger partial charge is 0.466 e. The molecule has 0 radical (unpaired) electrons. The summed E-state index contributed by atoms with van der Waals surface area (Å²) in [6.45, 7) is 3.13. The van der Waals surface area contributed by atoms with Gasteiger partial charge in [0, 0.05) is 18.8 Å². The second-order valence-electron chi connectivity index (χ2n) is 7.19. The van der Waals surface area contributed by atoms with E-state index >= 15 is 0 Å². The van der Waals surface area contributed by atoms with Gasteiger partial charge >= 0.3 is 5.97 Å². The van der Waals surface area contributed by atoms with Gasteiger partial charge in [0.1, 0.15) is 17.5 Å². The first kappa shape index (κ1) is 22.3. The van der Waals surface area contributed by atoms with E-state index in [9.17, 15) is 14.4 Å². The molecule has 2 aromatic carbocycles. The second-order valence-corrected chi connectivity index (χ2v) is 7.19. The van der Waals surface area contributed by atoms with Gasteiger partial charge in [-0.05, 0) is 42.8 Å². The molecule has 31 heavy (non-hydrogen) atoms. The predicted octanol–water partition coefficient (Wildman–Crippen LogP) is 2.56. The minimum absolute atomic E-state index is 0.00140. The van der Waals surface area contributed by atoms with Gasteiger partial charge in [0.05, 0.1) is 19.6 Å². The first-order chi connectivity index (χ1) is 15.0. The number of rotatable bonds is 9. The van der Waals surface area contributed by atoms with Crippen LogP contribution in [0.4, 0.5) is 5.69 Å². The zero-order chi connectivity index (χ0) is 22.1. The number of benzene rings is 2. The summed E-state index contributed by atoms with van der Waals surface area (Å²) < 4.78 is 10.8. The van der Waals surface area contributed by atoms with Crippen LogP contribution in [-0.4, -0.2) is 55.0 Å². The van der Waals surface area contributed by atoms with E-state index in [4.69, 9.17) is 9.47 Å². The third-order valence-electron chi connectivity index (χ3n) is 4.73. The minimum Gasteiger partial charge on any atom is -0.466 e. The first-order valence-electron chi connectivity index (χ1n) is 10.4. The van der Waals surface area contributed by atoms with E-state index in [1.54, 1.807) is 29.2 Å². The number of hydrogen-bond acceptors (Lipinski definition) is 6. The summed E-state index contributed by atoms with van der Waals surface area (Å²) in [5.74, 6) is 0.408. The molecule has 1 fully saturated rings. The number of nitrogens with one attached hydrogen (secondary N) is 2. The smallest absolute Gasteiger partial charge is 0.307 e. The van der Waals surface area contributed by atoms with Crippen molar-refractivity contribution >= 4 is 23.5 Å². The van der Waals surface area contributed by atoms with Crippen molar-refractivity contribution in [1.29, 1.82) is 0 Å². The first-order valence-corrected chi connectivity index (χ1v) is 10.4. The Balaban J connectivity index is 1.54. The van der Waals surface area contributed by atoms with Crippen LogP contribution in [0.15, 0.2) is 54.6 Å². The van der Waals surface area contributed by atoms with E-state index in [0.29, 0.717) is 37.6 Å². The summed E-state index contributed by atoms with van der Waals surface area (Å²) in [7, 11) is 0. The topological polar surface area (TPSA) is 97.0 Å². The quantitative estimate of drug-likeness (QED) is 0.600. The maximum absolute atomic E-state index is 12.5. The van der Waals surface area contributed by atoms with Crippen molar-refractivity contribution in [3.63, 3.8) is 0 Å². The second kappa shape index (κ2) is 11.1. The standard InChI is InChI=1S/C23H27N3O5/c1-2-14-30-22(28)15-20-23(29)24-12-13-26(20)16-21(27)25-17-8-10-19(11-9-17)31-18-6-4-3-5-7-18/h3-11,20H,2,12-16H2,1H3,(H,24,29)(H,25,27). The van der Waals surface area contributed by atoms with Gasteiger partial charge in [-0.3, -0.25) is 19.3 Å². The predicted molar refractivity (Wildman–Crippen MR) is 116 cm³/mol. The van der Waals surface area contributed by atoms with Crippen molar-refractivity contribution in [1.82, 2.24) is 10.2 Å². The molecule has 8 nitrogen and oxygen atoms in total. The van der Waals surface area contributed by atoms with Gasteiger partial charge in [-0.2, -0.15) is 0 Å². The molecule has 2 N–H and O–H groups in total. The third-order valence-corrected chi connectivity index (χ3v) is 4.73. The van der Waals surface area contributed by atoms with Gasteiger partial charge in [-0.25, -0.2) is 0 Å². The number of esters is 1. The summed E-state index contributed by atoms with van der Waals surface area (Å²) in [5, 5.41) is 5.56. The average Bonchev–Trinajstić information content (AvgIpc) is 2.77. The fourth-order valence-corrected chi connectivity index (χ4v) is 3.22. The number of piperazine rings is 1. The van der Waals surface area contributed by atoms with E-state index in [1.807, 2.05) is 37.3 Å². The number of carbonyl (C=O) groups excluding carboxylic acids is 3. The summed E-state index contributed by atoms with van der Waals surface area (Å²) >= 11 is 0. The highest BCUT2D eigenvalue weighted by Crippen LogP contribution is 2.22. The lowest BCUT2D eigenvalue weighted by Gasteiger charge is -2.33. The SMILES string of the molecule is CCCOC(=O)CC1C(=O)NCCN1CC(=O)Nc1ccc(Oc2ccccc2)cc1. The van der Waals surface area contributed by atoms with Gasteiger partial charge in [-0.1, -0.05) is 25.1 Å². The fraction of sp³-hybridized carbons (Fsp3) is 0.348. The number of carbonyl (C=O) groups is 3. The van der Waals surface area contributed by atoms with Crippen LogP contribution in [0.2, 0.25) is 0 Å². The van der Waals surface area contributed by atoms with Gasteiger partial charge in [0.2, 0.25) is 11.8 Å². The average molecular weight is 425 g/mol. The van der Waals surface area contributed by atoms with Gasteiger partial charge < -0.3 is 20.1 Å². The highest BCUT2D eigenvalue weighted by Gasteiger charge is 2.33. The molecule has 1 aliphatic heterocycles. The molecule has 1 saturated heterocycles. The molecule has 0 spiro atoms. The third kappa shape index (κ3) is 6.82. The molecule has 3 rings (SSSR count). The Morgan fingerprint density at radius 3 is 2.52 bits per heavy atom. The monoisotopic (exact) mass is 425 g/mol. The van der Waals surface area contributed by atoms with Crippen molar-refractivity contribution in [2.75, 3.05) is 31.6 Å². The fourth-order valence-electron chi connectivity index (χ4n) is 3.22. The molecule has 0 bridgehead atoms. The molecule has 0 saturated carbocycles. The maximum Gasteiger partial charge on any atom is 0.307 e. The van der Waals surface area contributed by atoms with Crippen LogP contribution < -0.4 is 15.4 Å². The van der Waals surface area contributed by atoms with Crippen LogP contribution in [0.25, 0.3) is 0 Å². The van der Waals surface area contributed by atoms with Crippen molar-refractivity contribution < 1.29 is 23.9 Å². The van der Waals surface area contributed by atoms with E-state index in [-0.39, 0.29) is 24.8 Å². The molecule has 8 heteroatoms. The van der Waals surface area contributed by atoms with Crippen LogP contribution in [-0.2, 0) is 19.1 Å². The lowest BCUT2D eigenvalue weighted by atomic mass is 10.1. The zero-order valence-electron chi connectivity index (χ0n) is 17.5. The van der Waals surface area contributed by atoms with Crippen LogP contribution in [0.5, 0.6) is 11.5 Å². The van der Waals surface area contributed by atoms with Gasteiger partial charge in [0.15, 0.2) is 0 Å². The number of para-hydroxylation sites is 1. The van der Waals surface area contributed by atoms with E-state index < -0.39 is 12.0 Å². The normalized spacial score (nSPS) is 16.3. The van der Waals surface area contributed by atoms with Crippen LogP contribution in [0.1, 0.15) is 19.8 Å². The molecule has 164 valence electrons. The summed E-state index contributed by atoms with van der Waals surface area (Å²) in [4.78, 5) is 38.4. The summed E-state index contributed by atoms with van der Waals surface area (Å²) in [5.41, 5.74) is 0.616. The molecular formula is C23H27N3O5. The number of nitrogens with zero attached hydrogens (tertiary/aromatic N) is 1. The van der Waals surface area contributed by atoms with Crippen molar-refractivity contribution in [2.45, 2.75) is 25.8 Å². The summed E-state index contributed by atoms with van der Waals surface area (Å²) in [6.07, 6.45) is 0.633. The number of ether oxygens (including phenoxy) is 2. The van der Waals surface area contributed by atoms with Crippen molar-refractivity contribution in [3.8, 4) is 11.5 Å². The van der Waals surface area contributed by atoms with Crippen molar-refractivity contribution in [2.24, 2.45) is 0 Å². The molecule has 2 aromatic rings. The molecule has 1 atom stereocenters. The molecule has 1 heterocycles. The number of anilines is 1. The Labute approximate surface area is 181 Å².